The highest BCUT2D eigenvalue weighted by Gasteiger charge is 2.12. The Balaban J connectivity index is 2.20. The van der Waals surface area contributed by atoms with E-state index in [1.165, 1.54) is 11.3 Å². The number of thiophene rings is 1. The fourth-order valence-electron chi connectivity index (χ4n) is 1.95. The van der Waals surface area contributed by atoms with Crippen molar-refractivity contribution in [1.82, 2.24) is 0 Å². The van der Waals surface area contributed by atoms with Crippen molar-refractivity contribution in [3.8, 4) is 5.75 Å². The summed E-state index contributed by atoms with van der Waals surface area (Å²) in [6.45, 7) is 4.37. The second kappa shape index (κ2) is 6.37. The maximum absolute atomic E-state index is 11.0. The van der Waals surface area contributed by atoms with Crippen molar-refractivity contribution in [2.24, 2.45) is 0 Å². The molecule has 0 aliphatic carbocycles. The lowest BCUT2D eigenvalue weighted by Gasteiger charge is -2.13. The number of methoxy groups -OCH3 is 1. The summed E-state index contributed by atoms with van der Waals surface area (Å²) >= 11 is 7.35. The van der Waals surface area contributed by atoms with Gasteiger partial charge in [-0.3, -0.25) is 0 Å². The zero-order chi connectivity index (χ0) is 15.6. The second-order valence-electron chi connectivity index (χ2n) is 4.68. The van der Waals surface area contributed by atoms with Crippen LogP contribution < -0.4 is 10.1 Å². The van der Waals surface area contributed by atoms with Crippen molar-refractivity contribution in [2.45, 2.75) is 20.4 Å². The summed E-state index contributed by atoms with van der Waals surface area (Å²) in [5.74, 6) is -0.229. The van der Waals surface area contributed by atoms with Crippen LogP contribution in [0.2, 0.25) is 5.02 Å². The summed E-state index contributed by atoms with van der Waals surface area (Å²) < 4.78 is 5.31. The molecule has 0 fully saturated rings. The van der Waals surface area contributed by atoms with Crippen LogP contribution in [0.4, 0.5) is 5.69 Å². The van der Waals surface area contributed by atoms with Gasteiger partial charge in [-0.25, -0.2) is 4.79 Å². The molecule has 1 heterocycles. The average molecular weight is 326 g/mol. The van der Waals surface area contributed by atoms with Gasteiger partial charge in [0.05, 0.1) is 12.8 Å². The van der Waals surface area contributed by atoms with E-state index < -0.39 is 5.97 Å². The SMILES string of the molecule is COc1cc(Cl)c(C)cc1NCc1sc(C(=O)O)cc1C. The number of aryl methyl sites for hydroxylation is 2. The first-order valence-corrected chi connectivity index (χ1v) is 7.52. The lowest BCUT2D eigenvalue weighted by molar-refractivity contribution is 0.0702. The molecule has 4 nitrogen and oxygen atoms in total. The van der Waals surface area contributed by atoms with Crippen molar-refractivity contribution in [3.63, 3.8) is 0 Å². The highest BCUT2D eigenvalue weighted by atomic mass is 35.5. The van der Waals surface area contributed by atoms with Crippen LogP contribution in [0.5, 0.6) is 5.75 Å². The summed E-state index contributed by atoms with van der Waals surface area (Å²) in [5, 5.41) is 12.9. The third-order valence-corrected chi connectivity index (χ3v) is 4.78. The molecular weight excluding hydrogens is 310 g/mol. The summed E-state index contributed by atoms with van der Waals surface area (Å²) in [6.07, 6.45) is 0. The summed E-state index contributed by atoms with van der Waals surface area (Å²) in [7, 11) is 1.59. The van der Waals surface area contributed by atoms with Gasteiger partial charge >= 0.3 is 5.97 Å². The first-order valence-electron chi connectivity index (χ1n) is 6.33. The van der Waals surface area contributed by atoms with Crippen molar-refractivity contribution < 1.29 is 14.6 Å². The fraction of sp³-hybridized carbons (Fsp3) is 0.267. The number of carboxylic acid groups (broad SMARTS) is 1. The van der Waals surface area contributed by atoms with Crippen molar-refractivity contribution in [2.75, 3.05) is 12.4 Å². The van der Waals surface area contributed by atoms with Crippen LogP contribution >= 0.6 is 22.9 Å². The van der Waals surface area contributed by atoms with Crippen molar-refractivity contribution >= 4 is 34.6 Å². The Morgan fingerprint density at radius 2 is 2.05 bits per heavy atom. The van der Waals surface area contributed by atoms with Gasteiger partial charge in [-0.05, 0) is 37.1 Å². The molecule has 0 aliphatic heterocycles. The van der Waals surface area contributed by atoms with Gasteiger partial charge in [-0.15, -0.1) is 11.3 Å². The predicted octanol–water partition coefficient (Wildman–Crippen LogP) is 4.34. The summed E-state index contributed by atoms with van der Waals surface area (Å²) in [5.41, 5.74) is 2.76. The molecule has 0 unspecified atom stereocenters. The molecule has 0 saturated heterocycles. The standard InChI is InChI=1S/C15H16ClNO3S/c1-8-4-11(12(20-3)6-10(8)16)17-7-14-9(2)5-13(21-14)15(18)19/h4-6,17H,7H2,1-3H3,(H,18,19). The third-order valence-electron chi connectivity index (χ3n) is 3.15. The average Bonchev–Trinajstić information content (AvgIpc) is 2.81. The number of hydrogen-bond acceptors (Lipinski definition) is 4. The van der Waals surface area contributed by atoms with Crippen LogP contribution in [0, 0.1) is 13.8 Å². The van der Waals surface area contributed by atoms with Crippen LogP contribution in [0.3, 0.4) is 0 Å². The molecule has 0 amide bonds. The molecule has 0 spiro atoms. The Bertz CT molecular complexity index is 682. The van der Waals surface area contributed by atoms with E-state index in [2.05, 4.69) is 5.32 Å². The Kier molecular flexibility index (Phi) is 4.75. The van der Waals surface area contributed by atoms with Crippen LogP contribution in [0.25, 0.3) is 0 Å². The number of anilines is 1. The molecule has 0 radical (unpaired) electrons. The van der Waals surface area contributed by atoms with E-state index in [0.29, 0.717) is 22.2 Å². The van der Waals surface area contributed by atoms with Gasteiger partial charge in [0.25, 0.3) is 0 Å². The minimum atomic E-state index is -0.894. The minimum absolute atomic E-state index is 0.351. The molecule has 21 heavy (non-hydrogen) atoms. The molecular formula is C15H16ClNO3S. The number of aromatic carboxylic acids is 1. The van der Waals surface area contributed by atoms with Gasteiger partial charge in [0, 0.05) is 22.5 Å². The molecule has 112 valence electrons. The molecule has 2 rings (SSSR count). The zero-order valence-corrected chi connectivity index (χ0v) is 13.6. The maximum Gasteiger partial charge on any atom is 0.345 e. The normalized spacial score (nSPS) is 10.5. The van der Waals surface area contributed by atoms with E-state index in [4.69, 9.17) is 21.4 Å². The number of rotatable bonds is 5. The Hall–Kier alpha value is -1.72. The van der Waals surface area contributed by atoms with Crippen molar-refractivity contribution in [3.05, 3.63) is 44.1 Å². The monoisotopic (exact) mass is 325 g/mol. The summed E-state index contributed by atoms with van der Waals surface area (Å²) in [6, 6.07) is 5.37. The zero-order valence-electron chi connectivity index (χ0n) is 12.0. The molecule has 1 aromatic carbocycles. The Labute approximate surface area is 132 Å². The van der Waals surface area contributed by atoms with E-state index >= 15 is 0 Å². The van der Waals surface area contributed by atoms with Crippen LogP contribution in [0.1, 0.15) is 25.7 Å². The highest BCUT2D eigenvalue weighted by Crippen LogP contribution is 2.32. The van der Waals surface area contributed by atoms with E-state index in [-0.39, 0.29) is 0 Å². The van der Waals surface area contributed by atoms with Crippen LogP contribution in [0.15, 0.2) is 18.2 Å². The van der Waals surface area contributed by atoms with Gasteiger partial charge in [-0.1, -0.05) is 11.6 Å². The fourth-order valence-corrected chi connectivity index (χ4v) is 3.05. The van der Waals surface area contributed by atoms with Gasteiger partial charge in [-0.2, -0.15) is 0 Å². The number of nitrogens with one attached hydrogen (secondary N) is 1. The van der Waals surface area contributed by atoms with Gasteiger partial charge in [0.1, 0.15) is 10.6 Å². The molecule has 6 heteroatoms. The quantitative estimate of drug-likeness (QED) is 0.858. The molecule has 0 atom stereocenters. The van der Waals surface area contributed by atoms with E-state index in [1.54, 1.807) is 19.2 Å². The number of carboxylic acids is 1. The van der Waals surface area contributed by atoms with Gasteiger partial charge < -0.3 is 15.2 Å². The smallest absolute Gasteiger partial charge is 0.345 e. The molecule has 0 bridgehead atoms. The van der Waals surface area contributed by atoms with Gasteiger partial charge in [0.15, 0.2) is 0 Å². The van der Waals surface area contributed by atoms with Crippen LogP contribution in [-0.4, -0.2) is 18.2 Å². The number of benzene rings is 1. The minimum Gasteiger partial charge on any atom is -0.495 e. The third kappa shape index (κ3) is 3.49. The number of ether oxygens (including phenoxy) is 1. The number of carbonyl (C=O) groups is 1. The summed E-state index contributed by atoms with van der Waals surface area (Å²) in [4.78, 5) is 12.3. The molecule has 0 saturated carbocycles. The van der Waals surface area contributed by atoms with Crippen molar-refractivity contribution in [1.29, 1.82) is 0 Å². The van der Waals surface area contributed by atoms with E-state index in [1.807, 2.05) is 19.9 Å². The number of halogens is 1. The lowest BCUT2D eigenvalue weighted by Crippen LogP contribution is -2.01. The molecule has 2 N–H and O–H groups in total. The van der Waals surface area contributed by atoms with Gasteiger partial charge in [0.2, 0.25) is 0 Å². The maximum atomic E-state index is 11.0. The lowest BCUT2D eigenvalue weighted by atomic mass is 10.2. The number of hydrogen-bond donors (Lipinski definition) is 2. The van der Waals surface area contributed by atoms with Crippen LogP contribution in [-0.2, 0) is 6.54 Å². The molecule has 0 aliphatic rings. The Morgan fingerprint density at radius 3 is 2.62 bits per heavy atom. The first-order chi connectivity index (χ1) is 9.92. The predicted molar refractivity (Wildman–Crippen MR) is 86.1 cm³/mol. The Morgan fingerprint density at radius 1 is 1.33 bits per heavy atom. The second-order valence-corrected chi connectivity index (χ2v) is 6.22. The van der Waals surface area contributed by atoms with E-state index in [0.717, 1.165) is 21.7 Å². The molecule has 1 aromatic heterocycles. The van der Waals surface area contributed by atoms with E-state index in [9.17, 15) is 4.79 Å². The molecule has 2 aromatic rings. The first kappa shape index (κ1) is 15.7. The topological polar surface area (TPSA) is 58.6 Å². The largest absolute Gasteiger partial charge is 0.495 e. The highest BCUT2D eigenvalue weighted by molar-refractivity contribution is 7.14.